The zero-order valence-corrected chi connectivity index (χ0v) is 18.6. The van der Waals surface area contributed by atoms with E-state index in [2.05, 4.69) is 21.2 Å². The predicted molar refractivity (Wildman–Crippen MR) is 122 cm³/mol. The van der Waals surface area contributed by atoms with Crippen molar-refractivity contribution in [3.05, 3.63) is 53.1 Å². The van der Waals surface area contributed by atoms with Crippen molar-refractivity contribution in [2.24, 2.45) is 5.10 Å². The Balaban J connectivity index is 1.93. The van der Waals surface area contributed by atoms with E-state index in [0.29, 0.717) is 47.3 Å². The average Bonchev–Trinajstić information content (AvgIpc) is 2.78. The van der Waals surface area contributed by atoms with Gasteiger partial charge >= 0.3 is 11.8 Å². The topological polar surface area (TPSA) is 118 Å². The minimum absolute atomic E-state index is 0.262. The fraction of sp³-hybridized carbons (Fsp3) is 0.273. The lowest BCUT2D eigenvalue weighted by Gasteiger charge is -2.10. The highest BCUT2D eigenvalue weighted by atomic mass is 35.5. The van der Waals surface area contributed by atoms with Crippen molar-refractivity contribution in [1.29, 1.82) is 0 Å². The van der Waals surface area contributed by atoms with Gasteiger partial charge in [0.1, 0.15) is 11.5 Å². The molecular weight excluding hydrogens is 436 g/mol. The van der Waals surface area contributed by atoms with Gasteiger partial charge < -0.3 is 20.1 Å². The summed E-state index contributed by atoms with van der Waals surface area (Å²) in [5.41, 5.74) is 3.15. The van der Waals surface area contributed by atoms with E-state index in [0.717, 1.165) is 0 Å². The van der Waals surface area contributed by atoms with Crippen LogP contribution in [0.5, 0.6) is 11.5 Å². The maximum Gasteiger partial charge on any atom is 0.329 e. The number of hydrogen-bond acceptors (Lipinski definition) is 6. The molecule has 9 nitrogen and oxygen atoms in total. The van der Waals surface area contributed by atoms with Crippen molar-refractivity contribution >= 4 is 41.2 Å². The first-order chi connectivity index (χ1) is 15.4. The summed E-state index contributed by atoms with van der Waals surface area (Å²) in [6.45, 7) is 4.45. The second-order valence-corrected chi connectivity index (χ2v) is 6.87. The highest BCUT2D eigenvalue weighted by molar-refractivity contribution is 6.35. The Morgan fingerprint density at radius 1 is 1.03 bits per heavy atom. The van der Waals surface area contributed by atoms with Crippen molar-refractivity contribution < 1.29 is 23.9 Å². The molecule has 0 fully saturated rings. The predicted octanol–water partition coefficient (Wildman–Crippen LogP) is 2.73. The molecule has 2 aromatic carbocycles. The molecule has 0 aromatic heterocycles. The van der Waals surface area contributed by atoms with E-state index in [1.54, 1.807) is 42.5 Å². The molecule has 3 N–H and O–H groups in total. The van der Waals surface area contributed by atoms with Crippen LogP contribution in [-0.2, 0) is 14.4 Å². The van der Waals surface area contributed by atoms with Gasteiger partial charge in [0.2, 0.25) is 0 Å². The zero-order chi connectivity index (χ0) is 23.3. The third-order valence-corrected chi connectivity index (χ3v) is 4.13. The normalized spacial score (nSPS) is 10.5. The smallest absolute Gasteiger partial charge is 0.329 e. The largest absolute Gasteiger partial charge is 0.494 e. The fourth-order valence-corrected chi connectivity index (χ4v) is 2.60. The maximum atomic E-state index is 12.2. The third kappa shape index (κ3) is 8.27. The molecule has 0 spiro atoms. The van der Waals surface area contributed by atoms with Gasteiger partial charge in [-0.05, 0) is 55.8 Å². The zero-order valence-electron chi connectivity index (χ0n) is 17.8. The van der Waals surface area contributed by atoms with Gasteiger partial charge in [0.15, 0.2) is 6.61 Å². The molecule has 2 rings (SSSR count). The molecule has 0 aliphatic rings. The number of ether oxygens (including phenoxy) is 2. The van der Waals surface area contributed by atoms with Gasteiger partial charge in [-0.2, -0.15) is 5.10 Å². The summed E-state index contributed by atoms with van der Waals surface area (Å²) >= 11 is 6.01. The van der Waals surface area contributed by atoms with E-state index < -0.39 is 11.8 Å². The molecule has 0 radical (unpaired) electrons. The van der Waals surface area contributed by atoms with Crippen molar-refractivity contribution in [3.8, 4) is 11.5 Å². The van der Waals surface area contributed by atoms with Crippen molar-refractivity contribution in [2.75, 3.05) is 25.1 Å². The van der Waals surface area contributed by atoms with Gasteiger partial charge in [0.05, 0.1) is 12.8 Å². The van der Waals surface area contributed by atoms with Crippen LogP contribution in [0.1, 0.15) is 25.8 Å². The number of halogens is 1. The number of nitrogens with zero attached hydrogens (tertiary/aromatic N) is 1. The molecule has 2 aromatic rings. The lowest BCUT2D eigenvalue weighted by atomic mass is 10.2. The van der Waals surface area contributed by atoms with Gasteiger partial charge in [0.25, 0.3) is 5.91 Å². The van der Waals surface area contributed by atoms with Crippen LogP contribution in [0, 0.1) is 0 Å². The Kier molecular flexibility index (Phi) is 9.99. The first-order valence-corrected chi connectivity index (χ1v) is 10.4. The summed E-state index contributed by atoms with van der Waals surface area (Å²) < 4.78 is 10.9. The van der Waals surface area contributed by atoms with Gasteiger partial charge in [-0.1, -0.05) is 18.5 Å². The Bertz CT molecular complexity index is 963. The van der Waals surface area contributed by atoms with Crippen LogP contribution in [0.15, 0.2) is 47.6 Å². The summed E-state index contributed by atoms with van der Waals surface area (Å²) in [6, 6.07) is 11.7. The summed E-state index contributed by atoms with van der Waals surface area (Å²) in [4.78, 5) is 35.4. The van der Waals surface area contributed by atoms with Crippen molar-refractivity contribution in [3.63, 3.8) is 0 Å². The summed E-state index contributed by atoms with van der Waals surface area (Å²) in [5.74, 6) is -1.01. The highest BCUT2D eigenvalue weighted by Gasteiger charge is 2.12. The van der Waals surface area contributed by atoms with E-state index in [-0.39, 0.29) is 12.5 Å². The third-order valence-electron chi connectivity index (χ3n) is 3.89. The second kappa shape index (κ2) is 13.0. The molecule has 10 heteroatoms. The van der Waals surface area contributed by atoms with Gasteiger partial charge in [-0.25, -0.2) is 5.43 Å². The number of rotatable bonds is 10. The number of hydrazone groups is 1. The number of nitrogens with one attached hydrogen (secondary N) is 3. The van der Waals surface area contributed by atoms with Gasteiger partial charge in [0, 0.05) is 22.8 Å². The van der Waals surface area contributed by atoms with Crippen LogP contribution in [0.2, 0.25) is 5.02 Å². The molecule has 0 heterocycles. The fourth-order valence-electron chi connectivity index (χ4n) is 2.42. The van der Waals surface area contributed by atoms with Crippen molar-refractivity contribution in [2.45, 2.75) is 20.3 Å². The van der Waals surface area contributed by atoms with Crippen LogP contribution in [0.4, 0.5) is 5.69 Å². The number of hydrogen-bond donors (Lipinski definition) is 3. The van der Waals surface area contributed by atoms with Crippen LogP contribution in [0.3, 0.4) is 0 Å². The van der Waals surface area contributed by atoms with Crippen LogP contribution in [-0.4, -0.2) is 43.7 Å². The Morgan fingerprint density at radius 3 is 2.47 bits per heavy atom. The minimum atomic E-state index is -0.895. The molecule has 0 aliphatic carbocycles. The van der Waals surface area contributed by atoms with E-state index >= 15 is 0 Å². The van der Waals surface area contributed by atoms with E-state index in [4.69, 9.17) is 21.1 Å². The number of benzene rings is 2. The molecule has 0 aliphatic heterocycles. The van der Waals surface area contributed by atoms with Gasteiger partial charge in [-0.15, -0.1) is 0 Å². The van der Waals surface area contributed by atoms with E-state index in [9.17, 15) is 14.4 Å². The van der Waals surface area contributed by atoms with Crippen LogP contribution in [0.25, 0.3) is 0 Å². The Morgan fingerprint density at radius 2 is 1.78 bits per heavy atom. The molecule has 0 saturated heterocycles. The quantitative estimate of drug-likeness (QED) is 0.286. The monoisotopic (exact) mass is 460 g/mol. The molecule has 3 amide bonds. The molecule has 0 bridgehead atoms. The number of carbonyl (C=O) groups excluding carboxylic acids is 3. The summed E-state index contributed by atoms with van der Waals surface area (Å²) in [7, 11) is 0. The SMILES string of the molecule is CCCNC(=O)C(=O)N/N=C\c1cc(Cl)ccc1OCC(=O)Nc1ccc(OCC)cc1. The molecule has 0 saturated carbocycles. The van der Waals surface area contributed by atoms with E-state index in [1.165, 1.54) is 6.21 Å². The maximum absolute atomic E-state index is 12.2. The molecule has 170 valence electrons. The molecule has 0 unspecified atom stereocenters. The number of carbonyl (C=O) groups is 3. The first-order valence-electron chi connectivity index (χ1n) is 9.99. The van der Waals surface area contributed by atoms with Crippen LogP contribution >= 0.6 is 11.6 Å². The van der Waals surface area contributed by atoms with Crippen molar-refractivity contribution in [1.82, 2.24) is 10.7 Å². The second-order valence-electron chi connectivity index (χ2n) is 6.43. The standard InChI is InChI=1S/C22H25ClN4O5/c1-3-11-24-21(29)22(30)27-25-13-15-12-16(23)5-10-19(15)32-14-20(28)26-17-6-8-18(9-7-17)31-4-2/h5-10,12-13H,3-4,11,14H2,1-2H3,(H,24,29)(H,26,28)(H,27,30)/b25-13-. The Labute approximate surface area is 191 Å². The molecule has 32 heavy (non-hydrogen) atoms. The average molecular weight is 461 g/mol. The van der Waals surface area contributed by atoms with E-state index in [1.807, 2.05) is 13.8 Å². The van der Waals surface area contributed by atoms with Gasteiger partial charge in [-0.3, -0.25) is 14.4 Å². The lowest BCUT2D eigenvalue weighted by Crippen LogP contribution is -2.38. The minimum Gasteiger partial charge on any atom is -0.494 e. The van der Waals surface area contributed by atoms with Crippen LogP contribution < -0.4 is 25.5 Å². The summed E-state index contributed by atoms with van der Waals surface area (Å²) in [5, 5.41) is 9.32. The lowest BCUT2D eigenvalue weighted by molar-refractivity contribution is -0.139. The first kappa shape index (κ1) is 24.7. The Hall–Kier alpha value is -3.59. The molecular formula is C22H25ClN4O5. The number of anilines is 1. The number of amides is 3. The molecule has 0 atom stereocenters. The highest BCUT2D eigenvalue weighted by Crippen LogP contribution is 2.21. The summed E-state index contributed by atoms with van der Waals surface area (Å²) in [6.07, 6.45) is 1.98.